The van der Waals surface area contributed by atoms with E-state index in [-0.39, 0.29) is 11.8 Å². The van der Waals surface area contributed by atoms with Crippen LogP contribution in [0.3, 0.4) is 0 Å². The third-order valence-electron chi connectivity index (χ3n) is 6.03. The zero-order chi connectivity index (χ0) is 20.4. The van der Waals surface area contributed by atoms with Gasteiger partial charge >= 0.3 is 0 Å². The number of piperidine rings is 2. The molecule has 0 unspecified atom stereocenters. The van der Waals surface area contributed by atoms with Gasteiger partial charge in [0.15, 0.2) is 5.13 Å². The van der Waals surface area contributed by atoms with Crippen LogP contribution < -0.4 is 10.2 Å². The van der Waals surface area contributed by atoms with Crippen LogP contribution in [0.2, 0.25) is 0 Å². The standard InChI is InChI=1S/C20H28N4O3S2/c1-29(26,27)24-12-8-16(9-13-24)19(25)21-14-15-6-10-23(11-7-15)20-22-17-4-2-3-5-18(17)28-20/h2-5,15-16H,6-14H2,1H3,(H,21,25). The van der Waals surface area contributed by atoms with Crippen LogP contribution in [0.5, 0.6) is 0 Å². The van der Waals surface area contributed by atoms with Gasteiger partial charge in [-0.15, -0.1) is 0 Å². The highest BCUT2D eigenvalue weighted by atomic mass is 32.2. The minimum Gasteiger partial charge on any atom is -0.356 e. The Labute approximate surface area is 176 Å². The number of benzene rings is 1. The lowest BCUT2D eigenvalue weighted by Gasteiger charge is -2.33. The van der Waals surface area contributed by atoms with Crippen molar-refractivity contribution in [3.05, 3.63) is 24.3 Å². The monoisotopic (exact) mass is 436 g/mol. The van der Waals surface area contributed by atoms with Crippen LogP contribution in [0.25, 0.3) is 10.2 Å². The molecule has 0 spiro atoms. The summed E-state index contributed by atoms with van der Waals surface area (Å²) >= 11 is 1.74. The number of aromatic nitrogens is 1. The summed E-state index contributed by atoms with van der Waals surface area (Å²) in [5, 5.41) is 4.20. The van der Waals surface area contributed by atoms with Gasteiger partial charge in [0.25, 0.3) is 0 Å². The van der Waals surface area contributed by atoms with E-state index in [0.29, 0.717) is 38.4 Å². The van der Waals surface area contributed by atoms with Crippen molar-refractivity contribution in [1.29, 1.82) is 0 Å². The summed E-state index contributed by atoms with van der Waals surface area (Å²) in [4.78, 5) is 19.6. The van der Waals surface area contributed by atoms with E-state index in [0.717, 1.165) is 36.6 Å². The molecule has 2 saturated heterocycles. The van der Waals surface area contributed by atoms with Gasteiger partial charge in [0, 0.05) is 38.6 Å². The number of fused-ring (bicyclic) bond motifs is 1. The van der Waals surface area contributed by atoms with Gasteiger partial charge in [-0.25, -0.2) is 17.7 Å². The van der Waals surface area contributed by atoms with E-state index in [1.165, 1.54) is 15.3 Å². The van der Waals surface area contributed by atoms with Crippen molar-refractivity contribution >= 4 is 42.6 Å². The molecule has 4 rings (SSSR count). The summed E-state index contributed by atoms with van der Waals surface area (Å²) in [5.41, 5.74) is 1.06. The predicted molar refractivity (Wildman–Crippen MR) is 117 cm³/mol. The van der Waals surface area contributed by atoms with Crippen LogP contribution in [-0.2, 0) is 14.8 Å². The zero-order valence-electron chi connectivity index (χ0n) is 16.7. The molecule has 0 aliphatic carbocycles. The highest BCUT2D eigenvalue weighted by molar-refractivity contribution is 7.88. The highest BCUT2D eigenvalue weighted by Gasteiger charge is 2.29. The Morgan fingerprint density at radius 1 is 1.14 bits per heavy atom. The molecular formula is C20H28N4O3S2. The second-order valence-corrected chi connectivity index (χ2v) is 11.1. The first-order valence-corrected chi connectivity index (χ1v) is 12.9. The summed E-state index contributed by atoms with van der Waals surface area (Å²) in [6, 6.07) is 8.23. The molecular weight excluding hydrogens is 408 g/mol. The minimum absolute atomic E-state index is 0.0733. The van der Waals surface area contributed by atoms with E-state index in [2.05, 4.69) is 22.3 Å². The van der Waals surface area contributed by atoms with Crippen molar-refractivity contribution in [2.24, 2.45) is 11.8 Å². The fourth-order valence-corrected chi connectivity index (χ4v) is 6.05. The van der Waals surface area contributed by atoms with E-state index in [4.69, 9.17) is 4.98 Å². The number of hydrogen-bond donors (Lipinski definition) is 1. The number of thiazole rings is 1. The van der Waals surface area contributed by atoms with Crippen LogP contribution in [0.1, 0.15) is 25.7 Å². The first-order chi connectivity index (χ1) is 13.9. The smallest absolute Gasteiger partial charge is 0.223 e. The van der Waals surface area contributed by atoms with E-state index in [1.807, 2.05) is 12.1 Å². The van der Waals surface area contributed by atoms with Crippen molar-refractivity contribution in [3.63, 3.8) is 0 Å². The first kappa shape index (κ1) is 20.6. The number of sulfonamides is 1. The largest absolute Gasteiger partial charge is 0.356 e. The molecule has 3 heterocycles. The topological polar surface area (TPSA) is 82.6 Å². The average molecular weight is 437 g/mol. The van der Waals surface area contributed by atoms with E-state index >= 15 is 0 Å². The number of rotatable bonds is 5. The molecule has 1 aromatic carbocycles. The molecule has 7 nitrogen and oxygen atoms in total. The van der Waals surface area contributed by atoms with Gasteiger partial charge in [0.1, 0.15) is 0 Å². The van der Waals surface area contributed by atoms with Crippen LogP contribution >= 0.6 is 11.3 Å². The summed E-state index contributed by atoms with van der Waals surface area (Å²) < 4.78 is 25.9. The van der Waals surface area contributed by atoms with Crippen LogP contribution in [-0.4, -0.2) is 62.6 Å². The summed E-state index contributed by atoms with van der Waals surface area (Å²) in [6.45, 7) is 3.52. The van der Waals surface area contributed by atoms with Gasteiger partial charge in [-0.1, -0.05) is 23.5 Å². The number of carbonyl (C=O) groups excluding carboxylic acids is 1. The number of amides is 1. The quantitative estimate of drug-likeness (QED) is 0.778. The molecule has 29 heavy (non-hydrogen) atoms. The van der Waals surface area contributed by atoms with Crippen LogP contribution in [0.15, 0.2) is 24.3 Å². The Kier molecular flexibility index (Phi) is 6.08. The van der Waals surface area contributed by atoms with Gasteiger partial charge in [-0.3, -0.25) is 4.79 Å². The fraction of sp³-hybridized carbons (Fsp3) is 0.600. The minimum atomic E-state index is -3.15. The molecule has 2 fully saturated rings. The normalized spacial score (nSPS) is 20.2. The van der Waals surface area contributed by atoms with E-state index in [9.17, 15) is 13.2 Å². The molecule has 2 aliphatic rings. The number of para-hydroxylation sites is 1. The van der Waals surface area contributed by atoms with Crippen LogP contribution in [0.4, 0.5) is 5.13 Å². The lowest BCUT2D eigenvalue weighted by molar-refractivity contribution is -0.126. The second kappa shape index (κ2) is 8.57. The average Bonchev–Trinajstić information content (AvgIpc) is 3.16. The predicted octanol–water partition coefficient (Wildman–Crippen LogP) is 2.30. The van der Waals surface area contributed by atoms with Gasteiger partial charge < -0.3 is 10.2 Å². The summed E-state index contributed by atoms with van der Waals surface area (Å²) in [5.74, 6) is 0.489. The highest BCUT2D eigenvalue weighted by Crippen LogP contribution is 2.31. The van der Waals surface area contributed by atoms with Crippen molar-refractivity contribution in [3.8, 4) is 0 Å². The molecule has 0 bridgehead atoms. The first-order valence-electron chi connectivity index (χ1n) is 10.2. The van der Waals surface area contributed by atoms with Crippen molar-refractivity contribution < 1.29 is 13.2 Å². The van der Waals surface area contributed by atoms with Crippen molar-refractivity contribution in [2.45, 2.75) is 25.7 Å². The van der Waals surface area contributed by atoms with E-state index in [1.54, 1.807) is 11.3 Å². The summed E-state index contributed by atoms with van der Waals surface area (Å²) in [6.07, 6.45) is 4.53. The molecule has 1 N–H and O–H groups in total. The van der Waals surface area contributed by atoms with Gasteiger partial charge in [-0.05, 0) is 43.7 Å². The molecule has 158 valence electrons. The molecule has 0 saturated carbocycles. The molecule has 0 radical (unpaired) electrons. The summed E-state index contributed by atoms with van der Waals surface area (Å²) in [7, 11) is -3.15. The number of carbonyl (C=O) groups is 1. The number of anilines is 1. The van der Waals surface area contributed by atoms with Gasteiger partial charge in [0.05, 0.1) is 16.5 Å². The second-order valence-electron chi connectivity index (χ2n) is 8.08. The van der Waals surface area contributed by atoms with E-state index < -0.39 is 10.0 Å². The number of nitrogens with zero attached hydrogens (tertiary/aromatic N) is 3. The Morgan fingerprint density at radius 3 is 2.48 bits per heavy atom. The molecule has 2 aliphatic heterocycles. The zero-order valence-corrected chi connectivity index (χ0v) is 18.3. The maximum atomic E-state index is 12.5. The SMILES string of the molecule is CS(=O)(=O)N1CCC(C(=O)NCC2CCN(c3nc4ccccc4s3)CC2)CC1. The Balaban J connectivity index is 1.21. The van der Waals surface area contributed by atoms with Gasteiger partial charge in [0.2, 0.25) is 15.9 Å². The fourth-order valence-electron chi connectivity index (χ4n) is 4.16. The maximum absolute atomic E-state index is 12.5. The Hall–Kier alpha value is -1.71. The third kappa shape index (κ3) is 4.90. The molecule has 1 aromatic heterocycles. The Bertz CT molecular complexity index is 926. The Morgan fingerprint density at radius 2 is 1.83 bits per heavy atom. The van der Waals surface area contributed by atoms with Crippen molar-refractivity contribution in [2.75, 3.05) is 43.9 Å². The lowest BCUT2D eigenvalue weighted by atomic mass is 9.95. The molecule has 9 heteroatoms. The van der Waals surface area contributed by atoms with Crippen LogP contribution in [0, 0.1) is 11.8 Å². The molecule has 2 aromatic rings. The lowest BCUT2D eigenvalue weighted by Crippen LogP contribution is -2.44. The third-order valence-corrected chi connectivity index (χ3v) is 8.43. The van der Waals surface area contributed by atoms with Crippen molar-refractivity contribution in [1.82, 2.24) is 14.6 Å². The van der Waals surface area contributed by atoms with Gasteiger partial charge in [-0.2, -0.15) is 0 Å². The maximum Gasteiger partial charge on any atom is 0.223 e. The molecule has 1 amide bonds. The number of hydrogen-bond acceptors (Lipinski definition) is 6. The number of nitrogens with one attached hydrogen (secondary N) is 1. The molecule has 0 atom stereocenters.